The summed E-state index contributed by atoms with van der Waals surface area (Å²) in [5, 5.41) is 0. The molecule has 2 fully saturated rings. The van der Waals surface area contributed by atoms with Crippen molar-refractivity contribution in [2.45, 2.75) is 38.6 Å². The van der Waals surface area contributed by atoms with Crippen molar-refractivity contribution >= 4 is 17.5 Å². The second-order valence-electron chi connectivity index (χ2n) is 9.52. The maximum atomic E-state index is 13.9. The molecule has 0 saturated carbocycles. The predicted octanol–water partition coefficient (Wildman–Crippen LogP) is 4.46. The first kappa shape index (κ1) is 25.7. The van der Waals surface area contributed by atoms with Crippen LogP contribution in [-0.2, 0) is 9.59 Å². The van der Waals surface area contributed by atoms with Crippen LogP contribution in [0.15, 0.2) is 36.4 Å². The zero-order valence-corrected chi connectivity index (χ0v) is 21.8. The number of benzene rings is 2. The molecule has 2 aliphatic rings. The van der Waals surface area contributed by atoms with Crippen molar-refractivity contribution in [3.05, 3.63) is 42.0 Å². The fourth-order valence-electron chi connectivity index (χ4n) is 5.31. The summed E-state index contributed by atoms with van der Waals surface area (Å²) in [5.41, 5.74) is 1.47. The first-order valence-electron chi connectivity index (χ1n) is 12.5. The predicted molar refractivity (Wildman–Crippen MR) is 137 cm³/mol. The van der Waals surface area contributed by atoms with Gasteiger partial charge in [-0.15, -0.1) is 0 Å². The molecule has 0 aromatic heterocycles. The van der Waals surface area contributed by atoms with E-state index < -0.39 is 6.04 Å². The minimum absolute atomic E-state index is 0.0543. The normalized spacial score (nSPS) is 20.8. The number of likely N-dealkylation sites (tertiary alicyclic amines) is 1. The smallest absolute Gasteiger partial charge is 0.228 e. The van der Waals surface area contributed by atoms with E-state index in [-0.39, 0.29) is 24.2 Å². The van der Waals surface area contributed by atoms with Crippen molar-refractivity contribution in [1.29, 1.82) is 0 Å². The van der Waals surface area contributed by atoms with Gasteiger partial charge in [-0.2, -0.15) is 0 Å². The van der Waals surface area contributed by atoms with Gasteiger partial charge in [0.15, 0.2) is 11.5 Å². The lowest BCUT2D eigenvalue weighted by Crippen LogP contribution is -2.50. The molecule has 8 heteroatoms. The molecule has 0 radical (unpaired) electrons. The number of carbonyl (C=O) groups excluding carboxylic acids is 2. The van der Waals surface area contributed by atoms with Crippen LogP contribution in [0.3, 0.4) is 0 Å². The number of nitrogens with zero attached hydrogens (tertiary/aromatic N) is 2. The summed E-state index contributed by atoms with van der Waals surface area (Å²) in [4.78, 5) is 31.1. The Morgan fingerprint density at radius 1 is 0.861 bits per heavy atom. The minimum atomic E-state index is -0.480. The fraction of sp³-hybridized carbons (Fsp3) is 0.500. The highest BCUT2D eigenvalue weighted by molar-refractivity contribution is 5.98. The molecule has 36 heavy (non-hydrogen) atoms. The Bertz CT molecular complexity index is 1050. The number of rotatable bonds is 7. The van der Waals surface area contributed by atoms with E-state index in [0.717, 1.165) is 31.5 Å². The molecule has 4 rings (SSSR count). The molecule has 2 atom stereocenters. The first-order chi connectivity index (χ1) is 17.4. The molecule has 2 amide bonds. The molecule has 0 spiro atoms. The molecule has 2 aromatic carbocycles. The van der Waals surface area contributed by atoms with Crippen LogP contribution in [-0.4, -0.2) is 58.2 Å². The van der Waals surface area contributed by atoms with Gasteiger partial charge in [-0.1, -0.05) is 19.1 Å². The molecule has 2 heterocycles. The van der Waals surface area contributed by atoms with Gasteiger partial charge in [0.25, 0.3) is 0 Å². The van der Waals surface area contributed by atoms with Crippen LogP contribution in [0.25, 0.3) is 0 Å². The Balaban J connectivity index is 1.81. The lowest BCUT2D eigenvalue weighted by atomic mass is 9.82. The third-order valence-corrected chi connectivity index (χ3v) is 7.39. The van der Waals surface area contributed by atoms with Gasteiger partial charge in [0.1, 0.15) is 5.75 Å². The molecule has 0 N–H and O–H groups in total. The summed E-state index contributed by atoms with van der Waals surface area (Å²) in [6.07, 6.45) is 2.79. The van der Waals surface area contributed by atoms with Crippen molar-refractivity contribution in [3.8, 4) is 23.0 Å². The largest absolute Gasteiger partial charge is 0.497 e. The molecular formula is C28H36N2O6. The topological polar surface area (TPSA) is 77.5 Å². The van der Waals surface area contributed by atoms with Crippen molar-refractivity contribution in [2.24, 2.45) is 11.8 Å². The number of anilines is 1. The monoisotopic (exact) mass is 496 g/mol. The van der Waals surface area contributed by atoms with Crippen LogP contribution in [0.5, 0.6) is 23.0 Å². The SMILES string of the molecule is COc1ccc([C@@H]2[C@H](C(=O)N3CCC(C)CC3)CCC(=O)N2c2cc(OC)c(OC)c(OC)c2)cc1. The number of ether oxygens (including phenoxy) is 4. The van der Waals surface area contributed by atoms with Gasteiger partial charge < -0.3 is 28.7 Å². The average Bonchev–Trinajstić information content (AvgIpc) is 2.92. The molecule has 8 nitrogen and oxygen atoms in total. The number of methoxy groups -OCH3 is 4. The Hall–Kier alpha value is -3.42. The summed E-state index contributed by atoms with van der Waals surface area (Å²) in [7, 11) is 6.25. The zero-order valence-electron chi connectivity index (χ0n) is 21.8. The van der Waals surface area contributed by atoms with Crippen LogP contribution < -0.4 is 23.8 Å². The molecule has 0 bridgehead atoms. The molecule has 2 saturated heterocycles. The summed E-state index contributed by atoms with van der Waals surface area (Å²) < 4.78 is 22.0. The zero-order chi connectivity index (χ0) is 25.8. The van der Waals surface area contributed by atoms with E-state index in [2.05, 4.69) is 6.92 Å². The molecule has 2 aliphatic heterocycles. The maximum Gasteiger partial charge on any atom is 0.228 e. The third kappa shape index (κ3) is 4.94. The van der Waals surface area contributed by atoms with Crippen LogP contribution in [0.1, 0.15) is 44.2 Å². The summed E-state index contributed by atoms with van der Waals surface area (Å²) >= 11 is 0. The van der Waals surface area contributed by atoms with Gasteiger partial charge in [-0.05, 0) is 42.9 Å². The van der Waals surface area contributed by atoms with E-state index in [4.69, 9.17) is 18.9 Å². The standard InChI is InChI=1S/C28H36N2O6/c1-18-12-14-29(15-13-18)28(32)22-10-11-25(31)30(26(22)19-6-8-21(33-2)9-7-19)20-16-23(34-3)27(36-5)24(17-20)35-4/h6-9,16-18,22,26H,10-15H2,1-5H3/t22-,26-/m1/s1. The van der Waals surface area contributed by atoms with Crippen LogP contribution in [0, 0.1) is 11.8 Å². The number of hydrogen-bond acceptors (Lipinski definition) is 6. The first-order valence-corrected chi connectivity index (χ1v) is 12.5. The van der Waals surface area contributed by atoms with Crippen LogP contribution in [0.2, 0.25) is 0 Å². The van der Waals surface area contributed by atoms with Gasteiger partial charge >= 0.3 is 0 Å². The highest BCUT2D eigenvalue weighted by Crippen LogP contribution is 2.46. The van der Waals surface area contributed by atoms with E-state index >= 15 is 0 Å². The molecule has 0 unspecified atom stereocenters. The van der Waals surface area contributed by atoms with E-state index in [1.165, 1.54) is 0 Å². The Morgan fingerprint density at radius 3 is 2.00 bits per heavy atom. The lowest BCUT2D eigenvalue weighted by Gasteiger charge is -2.43. The Labute approximate surface area is 213 Å². The fourth-order valence-corrected chi connectivity index (χ4v) is 5.31. The Morgan fingerprint density at radius 2 is 1.47 bits per heavy atom. The van der Waals surface area contributed by atoms with Gasteiger partial charge in [-0.25, -0.2) is 0 Å². The molecule has 0 aliphatic carbocycles. The van der Waals surface area contributed by atoms with Crippen molar-refractivity contribution in [2.75, 3.05) is 46.4 Å². The lowest BCUT2D eigenvalue weighted by molar-refractivity contribution is -0.139. The minimum Gasteiger partial charge on any atom is -0.497 e. The highest BCUT2D eigenvalue weighted by Gasteiger charge is 2.43. The maximum absolute atomic E-state index is 13.9. The van der Waals surface area contributed by atoms with Crippen molar-refractivity contribution in [1.82, 2.24) is 4.90 Å². The highest BCUT2D eigenvalue weighted by atomic mass is 16.5. The third-order valence-electron chi connectivity index (χ3n) is 7.39. The van der Waals surface area contributed by atoms with Crippen molar-refractivity contribution < 1.29 is 28.5 Å². The second kappa shape index (κ2) is 11.1. The number of hydrogen-bond donors (Lipinski definition) is 0. The van der Waals surface area contributed by atoms with E-state index in [9.17, 15) is 9.59 Å². The van der Waals surface area contributed by atoms with E-state index in [0.29, 0.717) is 41.0 Å². The van der Waals surface area contributed by atoms with Gasteiger partial charge in [0, 0.05) is 31.6 Å². The number of carbonyl (C=O) groups is 2. The summed E-state index contributed by atoms with van der Waals surface area (Å²) in [6, 6.07) is 10.7. The Kier molecular flexibility index (Phi) is 7.91. The van der Waals surface area contributed by atoms with Crippen LogP contribution >= 0.6 is 0 Å². The van der Waals surface area contributed by atoms with Crippen LogP contribution in [0.4, 0.5) is 5.69 Å². The van der Waals surface area contributed by atoms with Gasteiger partial charge in [-0.3, -0.25) is 9.59 Å². The van der Waals surface area contributed by atoms with Gasteiger partial charge in [0.05, 0.1) is 46.1 Å². The van der Waals surface area contributed by atoms with E-state index in [1.807, 2.05) is 29.2 Å². The van der Waals surface area contributed by atoms with Gasteiger partial charge in [0.2, 0.25) is 17.6 Å². The second-order valence-corrected chi connectivity index (χ2v) is 9.52. The average molecular weight is 497 g/mol. The molecule has 194 valence electrons. The molecular weight excluding hydrogens is 460 g/mol. The summed E-state index contributed by atoms with van der Waals surface area (Å²) in [6.45, 7) is 3.74. The molecule has 2 aromatic rings. The van der Waals surface area contributed by atoms with E-state index in [1.54, 1.807) is 45.5 Å². The number of amides is 2. The number of piperidine rings is 2. The summed E-state index contributed by atoms with van der Waals surface area (Å²) in [5.74, 6) is 2.36. The van der Waals surface area contributed by atoms with Crippen molar-refractivity contribution in [3.63, 3.8) is 0 Å². The quantitative estimate of drug-likeness (QED) is 0.563.